The Hall–Kier alpha value is -2.83. The number of nitriles is 1. The van der Waals surface area contributed by atoms with Crippen molar-refractivity contribution in [3.05, 3.63) is 29.8 Å². The molecule has 2 saturated heterocycles. The number of benzene rings is 1. The smallest absolute Gasteiger partial charge is 0.415 e. The van der Waals surface area contributed by atoms with Gasteiger partial charge in [-0.2, -0.15) is 5.26 Å². The number of nitrogens with one attached hydrogen (secondary N) is 1. The van der Waals surface area contributed by atoms with Crippen molar-refractivity contribution < 1.29 is 24.2 Å². The van der Waals surface area contributed by atoms with Crippen molar-refractivity contribution in [3.63, 3.8) is 0 Å². The van der Waals surface area contributed by atoms with E-state index in [0.29, 0.717) is 42.8 Å². The number of aliphatic hydroxyl groups excluding tert-OH is 1. The molecule has 2 aliphatic rings. The van der Waals surface area contributed by atoms with Gasteiger partial charge in [0.25, 0.3) is 0 Å². The van der Waals surface area contributed by atoms with Crippen LogP contribution in [-0.4, -0.2) is 79.1 Å². The Morgan fingerprint density at radius 3 is 2.50 bits per heavy atom. The van der Waals surface area contributed by atoms with Gasteiger partial charge in [0.05, 0.1) is 18.2 Å². The van der Waals surface area contributed by atoms with E-state index in [-0.39, 0.29) is 13.2 Å². The van der Waals surface area contributed by atoms with Gasteiger partial charge in [-0.3, -0.25) is 4.90 Å². The van der Waals surface area contributed by atoms with Crippen LogP contribution >= 0.6 is 0 Å². The van der Waals surface area contributed by atoms with Gasteiger partial charge in [0.2, 0.25) is 0 Å². The molecule has 2 N–H and O–H groups in total. The largest absolute Gasteiger partial charge is 0.491 e. The monoisotopic (exact) mass is 416 g/mol. The Balaban J connectivity index is 1.43. The average molecular weight is 416 g/mol. The van der Waals surface area contributed by atoms with Crippen LogP contribution in [0.3, 0.4) is 0 Å². The minimum absolute atomic E-state index is 0.172. The minimum atomic E-state index is -0.717. The minimum Gasteiger partial charge on any atom is -0.491 e. The SMILES string of the molecule is CCOC(=O)NC(=O)N1CC2CC(CN(CC(O)COc3ccc(C#N)cc3)C2)C1. The molecule has 3 atom stereocenters. The van der Waals surface area contributed by atoms with Crippen LogP contribution in [0.4, 0.5) is 9.59 Å². The van der Waals surface area contributed by atoms with Gasteiger partial charge in [-0.05, 0) is 49.4 Å². The van der Waals surface area contributed by atoms with Crippen LogP contribution in [-0.2, 0) is 4.74 Å². The number of carbonyl (C=O) groups is 2. The number of amides is 3. The summed E-state index contributed by atoms with van der Waals surface area (Å²) < 4.78 is 10.4. The zero-order valence-electron chi connectivity index (χ0n) is 17.1. The van der Waals surface area contributed by atoms with Crippen LogP contribution in [0.25, 0.3) is 0 Å². The number of hydrogen-bond acceptors (Lipinski definition) is 7. The Labute approximate surface area is 176 Å². The number of fused-ring (bicyclic) bond motifs is 2. The van der Waals surface area contributed by atoms with Crippen molar-refractivity contribution >= 4 is 12.1 Å². The van der Waals surface area contributed by atoms with Gasteiger partial charge in [-0.25, -0.2) is 14.9 Å². The normalized spacial score (nSPS) is 22.0. The van der Waals surface area contributed by atoms with Crippen LogP contribution < -0.4 is 10.1 Å². The number of ether oxygens (including phenoxy) is 2. The molecule has 1 aromatic rings. The van der Waals surface area contributed by atoms with Crippen molar-refractivity contribution in [3.8, 4) is 11.8 Å². The molecule has 0 radical (unpaired) electrons. The molecule has 0 aromatic heterocycles. The number of carbonyl (C=O) groups excluding carboxylic acids is 2. The summed E-state index contributed by atoms with van der Waals surface area (Å²) in [5.74, 6) is 1.22. The fourth-order valence-corrected chi connectivity index (χ4v) is 4.21. The number of nitrogens with zero attached hydrogens (tertiary/aromatic N) is 3. The molecule has 2 aliphatic heterocycles. The van der Waals surface area contributed by atoms with Crippen molar-refractivity contribution in [1.82, 2.24) is 15.1 Å². The van der Waals surface area contributed by atoms with Gasteiger partial charge in [0.15, 0.2) is 0 Å². The lowest BCUT2D eigenvalue weighted by Crippen LogP contribution is -2.57. The molecule has 2 heterocycles. The first-order valence-electron chi connectivity index (χ1n) is 10.2. The molecule has 3 rings (SSSR count). The number of imide groups is 1. The predicted molar refractivity (Wildman–Crippen MR) is 108 cm³/mol. The van der Waals surface area contributed by atoms with Gasteiger partial charge < -0.3 is 19.5 Å². The Morgan fingerprint density at radius 2 is 1.90 bits per heavy atom. The number of rotatable bonds is 6. The van der Waals surface area contributed by atoms with Crippen LogP contribution in [0, 0.1) is 23.2 Å². The van der Waals surface area contributed by atoms with Crippen molar-refractivity contribution in [2.24, 2.45) is 11.8 Å². The van der Waals surface area contributed by atoms with E-state index in [4.69, 9.17) is 14.7 Å². The Morgan fingerprint density at radius 1 is 1.23 bits per heavy atom. The average Bonchev–Trinajstić information content (AvgIpc) is 2.72. The molecule has 162 valence electrons. The number of β-amino-alcohol motifs (C(OH)–C–C–N with tert-alkyl or cyclic N) is 1. The quantitative estimate of drug-likeness (QED) is 0.721. The van der Waals surface area contributed by atoms with Crippen LogP contribution in [0.2, 0.25) is 0 Å². The molecule has 0 saturated carbocycles. The highest BCUT2D eigenvalue weighted by molar-refractivity contribution is 5.90. The van der Waals surface area contributed by atoms with E-state index in [1.165, 1.54) is 0 Å². The summed E-state index contributed by atoms with van der Waals surface area (Å²) >= 11 is 0. The van der Waals surface area contributed by atoms with E-state index in [1.54, 1.807) is 36.1 Å². The number of piperidine rings is 2. The van der Waals surface area contributed by atoms with Crippen molar-refractivity contribution in [1.29, 1.82) is 5.26 Å². The van der Waals surface area contributed by atoms with Gasteiger partial charge in [-0.15, -0.1) is 0 Å². The zero-order valence-corrected chi connectivity index (χ0v) is 17.1. The van der Waals surface area contributed by atoms with E-state index in [2.05, 4.69) is 16.3 Å². The second kappa shape index (κ2) is 10.3. The third kappa shape index (κ3) is 6.08. The molecule has 2 fully saturated rings. The first-order chi connectivity index (χ1) is 14.5. The molecule has 30 heavy (non-hydrogen) atoms. The molecular formula is C21H28N4O5. The maximum Gasteiger partial charge on any atom is 0.415 e. The van der Waals surface area contributed by atoms with Gasteiger partial charge in [0, 0.05) is 32.7 Å². The Kier molecular flexibility index (Phi) is 7.49. The fourth-order valence-electron chi connectivity index (χ4n) is 4.21. The summed E-state index contributed by atoms with van der Waals surface area (Å²) in [5.41, 5.74) is 0.563. The van der Waals surface area contributed by atoms with E-state index in [9.17, 15) is 14.7 Å². The highest BCUT2D eigenvalue weighted by atomic mass is 16.5. The lowest BCUT2D eigenvalue weighted by atomic mass is 9.84. The number of hydrogen-bond donors (Lipinski definition) is 2. The molecule has 3 amide bonds. The number of alkyl carbamates (subject to hydrolysis) is 1. The lowest BCUT2D eigenvalue weighted by molar-refractivity contribution is 0.00915. The van der Waals surface area contributed by atoms with Crippen molar-refractivity contribution in [2.45, 2.75) is 19.4 Å². The lowest BCUT2D eigenvalue weighted by Gasteiger charge is -2.46. The summed E-state index contributed by atoms with van der Waals surface area (Å²) in [5, 5.41) is 21.5. The molecule has 9 nitrogen and oxygen atoms in total. The summed E-state index contributed by atoms with van der Waals surface area (Å²) in [4.78, 5) is 27.6. The second-order valence-electron chi connectivity index (χ2n) is 7.84. The summed E-state index contributed by atoms with van der Waals surface area (Å²) in [6.07, 6.45) is -0.315. The first-order valence-corrected chi connectivity index (χ1v) is 10.2. The molecule has 9 heteroatoms. The van der Waals surface area contributed by atoms with E-state index in [0.717, 1.165) is 19.5 Å². The molecule has 3 unspecified atom stereocenters. The van der Waals surface area contributed by atoms with Gasteiger partial charge in [-0.1, -0.05) is 0 Å². The molecular weight excluding hydrogens is 388 g/mol. The first kappa shape index (κ1) is 21.9. The fraction of sp³-hybridized carbons (Fsp3) is 0.571. The highest BCUT2D eigenvalue weighted by Gasteiger charge is 2.36. The van der Waals surface area contributed by atoms with Crippen molar-refractivity contribution in [2.75, 3.05) is 45.9 Å². The third-order valence-electron chi connectivity index (χ3n) is 5.32. The zero-order chi connectivity index (χ0) is 21.5. The molecule has 2 bridgehead atoms. The maximum absolute atomic E-state index is 12.3. The highest BCUT2D eigenvalue weighted by Crippen LogP contribution is 2.28. The number of aliphatic hydroxyl groups is 1. The number of urea groups is 1. The molecule has 0 aliphatic carbocycles. The van der Waals surface area contributed by atoms with Gasteiger partial charge >= 0.3 is 12.1 Å². The van der Waals surface area contributed by atoms with E-state index >= 15 is 0 Å². The maximum atomic E-state index is 12.3. The van der Waals surface area contributed by atoms with Crippen LogP contribution in [0.5, 0.6) is 5.75 Å². The third-order valence-corrected chi connectivity index (χ3v) is 5.32. The summed E-state index contributed by atoms with van der Waals surface area (Å²) in [6.45, 7) is 5.31. The second-order valence-corrected chi connectivity index (χ2v) is 7.84. The van der Waals surface area contributed by atoms with Crippen LogP contribution in [0.1, 0.15) is 18.9 Å². The topological polar surface area (TPSA) is 115 Å². The van der Waals surface area contributed by atoms with Gasteiger partial charge in [0.1, 0.15) is 18.5 Å². The molecule has 1 aromatic carbocycles. The van der Waals surface area contributed by atoms with Crippen LogP contribution in [0.15, 0.2) is 24.3 Å². The molecule has 0 spiro atoms. The van der Waals surface area contributed by atoms with E-state index < -0.39 is 18.2 Å². The summed E-state index contributed by atoms with van der Waals surface area (Å²) in [7, 11) is 0. The predicted octanol–water partition coefficient (Wildman–Crippen LogP) is 1.42. The number of likely N-dealkylation sites (tertiary alicyclic amines) is 2. The summed E-state index contributed by atoms with van der Waals surface area (Å²) in [6, 6.07) is 8.43. The standard InChI is InChI=1S/C21H28N4O5/c1-2-29-21(28)23-20(27)25-11-16-7-17(12-25)10-24(9-16)13-18(26)14-30-19-5-3-15(8-22)4-6-19/h3-6,16-18,26H,2,7,9-14H2,1H3,(H,23,27,28). The Bertz CT molecular complexity index is 765. The van der Waals surface area contributed by atoms with E-state index in [1.807, 2.05) is 0 Å².